The quantitative estimate of drug-likeness (QED) is 0.221. The molecule has 0 amide bonds. The average molecular weight is 450 g/mol. The lowest BCUT2D eigenvalue weighted by Crippen LogP contribution is -2.49. The summed E-state index contributed by atoms with van der Waals surface area (Å²) in [6.45, 7) is 3.55. The third-order valence-corrected chi connectivity index (χ3v) is 6.44. The Bertz CT molecular complexity index is 925. The highest BCUT2D eigenvalue weighted by Gasteiger charge is 2.20. The van der Waals surface area contributed by atoms with E-state index in [1.807, 2.05) is 42.2 Å². The van der Waals surface area contributed by atoms with Gasteiger partial charge in [0, 0.05) is 55.5 Å². The smallest absolute Gasteiger partial charge is 0.191 e. The molecule has 3 heterocycles. The first-order chi connectivity index (χ1) is 15.9. The molecular formula is C25H31N5OS. The van der Waals surface area contributed by atoms with Gasteiger partial charge in [-0.05, 0) is 49.2 Å². The van der Waals surface area contributed by atoms with E-state index in [2.05, 4.69) is 56.9 Å². The van der Waals surface area contributed by atoms with Gasteiger partial charge < -0.3 is 20.0 Å². The zero-order valence-corrected chi connectivity index (χ0v) is 19.1. The topological polar surface area (TPSA) is 65.7 Å². The summed E-state index contributed by atoms with van der Waals surface area (Å²) >= 11 is 1.85. The predicted octanol–water partition coefficient (Wildman–Crippen LogP) is 4.21. The van der Waals surface area contributed by atoms with E-state index in [1.54, 1.807) is 6.26 Å². The summed E-state index contributed by atoms with van der Waals surface area (Å²) in [6.07, 6.45) is 6.51. The molecule has 1 aliphatic heterocycles. The SMILES string of the molecule is c1ccc(SCCNC(=NCCc2ccco2)NC2CCN(c3ccccn3)CC2)cc1. The molecule has 0 aliphatic carbocycles. The van der Waals surface area contributed by atoms with Crippen LogP contribution in [0.25, 0.3) is 0 Å². The third-order valence-electron chi connectivity index (χ3n) is 5.42. The van der Waals surface area contributed by atoms with Crippen LogP contribution < -0.4 is 15.5 Å². The Kier molecular flexibility index (Phi) is 8.49. The number of pyridine rings is 1. The fraction of sp³-hybridized carbons (Fsp3) is 0.360. The number of benzene rings is 1. The van der Waals surface area contributed by atoms with Crippen LogP contribution in [0.5, 0.6) is 0 Å². The van der Waals surface area contributed by atoms with Crippen molar-refractivity contribution in [2.24, 2.45) is 4.99 Å². The molecule has 0 atom stereocenters. The van der Waals surface area contributed by atoms with Crippen LogP contribution in [0.2, 0.25) is 0 Å². The average Bonchev–Trinajstić information content (AvgIpc) is 3.37. The molecular weight excluding hydrogens is 418 g/mol. The van der Waals surface area contributed by atoms with E-state index in [0.29, 0.717) is 12.6 Å². The summed E-state index contributed by atoms with van der Waals surface area (Å²) in [4.78, 5) is 12.9. The van der Waals surface area contributed by atoms with Gasteiger partial charge >= 0.3 is 0 Å². The Labute approximate surface area is 194 Å². The van der Waals surface area contributed by atoms with Crippen LogP contribution >= 0.6 is 11.8 Å². The highest BCUT2D eigenvalue weighted by Crippen LogP contribution is 2.18. The standard InChI is InChI=1S/C25H31N5OS/c1-2-8-23(9-3-1)32-20-16-28-25(27-15-11-22-7-6-19-31-22)29-21-12-17-30(18-13-21)24-10-4-5-14-26-24/h1-10,14,19,21H,11-13,15-18,20H2,(H2,27,28,29). The molecule has 168 valence electrons. The summed E-state index contributed by atoms with van der Waals surface area (Å²) in [5, 5.41) is 7.18. The molecule has 4 rings (SSSR count). The normalized spacial score (nSPS) is 15.0. The van der Waals surface area contributed by atoms with Gasteiger partial charge in [-0.2, -0.15) is 0 Å². The van der Waals surface area contributed by atoms with Crippen LogP contribution in [0.4, 0.5) is 5.82 Å². The van der Waals surface area contributed by atoms with Gasteiger partial charge in [-0.25, -0.2) is 4.98 Å². The lowest BCUT2D eigenvalue weighted by molar-refractivity contribution is 0.459. The second kappa shape index (κ2) is 12.2. The number of aromatic nitrogens is 1. The number of nitrogens with zero attached hydrogens (tertiary/aromatic N) is 3. The van der Waals surface area contributed by atoms with Gasteiger partial charge in [0.25, 0.3) is 0 Å². The van der Waals surface area contributed by atoms with Gasteiger partial charge in [0.2, 0.25) is 0 Å². The minimum Gasteiger partial charge on any atom is -0.469 e. The fourth-order valence-electron chi connectivity index (χ4n) is 3.73. The number of anilines is 1. The Hall–Kier alpha value is -2.93. The molecule has 3 aromatic rings. The van der Waals surface area contributed by atoms with E-state index < -0.39 is 0 Å². The molecule has 7 heteroatoms. The van der Waals surface area contributed by atoms with Crippen molar-refractivity contribution in [2.75, 3.05) is 36.8 Å². The monoisotopic (exact) mass is 449 g/mol. The lowest BCUT2D eigenvalue weighted by atomic mass is 10.1. The molecule has 2 aromatic heterocycles. The van der Waals surface area contributed by atoms with Gasteiger partial charge in [0.1, 0.15) is 11.6 Å². The highest BCUT2D eigenvalue weighted by atomic mass is 32.2. The van der Waals surface area contributed by atoms with Crippen LogP contribution in [0.1, 0.15) is 18.6 Å². The summed E-state index contributed by atoms with van der Waals surface area (Å²) in [5.41, 5.74) is 0. The molecule has 1 saturated heterocycles. The van der Waals surface area contributed by atoms with Crippen molar-refractivity contribution < 1.29 is 4.42 Å². The van der Waals surface area contributed by atoms with Crippen molar-refractivity contribution in [3.05, 3.63) is 78.9 Å². The minimum atomic E-state index is 0.409. The highest BCUT2D eigenvalue weighted by molar-refractivity contribution is 7.99. The Morgan fingerprint density at radius 1 is 1.06 bits per heavy atom. The molecule has 0 radical (unpaired) electrons. The van der Waals surface area contributed by atoms with Crippen LogP contribution in [-0.4, -0.2) is 48.9 Å². The maximum atomic E-state index is 5.44. The van der Waals surface area contributed by atoms with Gasteiger partial charge in [0.05, 0.1) is 6.26 Å². The molecule has 6 nitrogen and oxygen atoms in total. The Morgan fingerprint density at radius 3 is 2.66 bits per heavy atom. The van der Waals surface area contributed by atoms with Crippen molar-refractivity contribution in [3.63, 3.8) is 0 Å². The summed E-state index contributed by atoms with van der Waals surface area (Å²) in [7, 11) is 0. The van der Waals surface area contributed by atoms with E-state index in [4.69, 9.17) is 9.41 Å². The van der Waals surface area contributed by atoms with Crippen molar-refractivity contribution >= 4 is 23.5 Å². The second-order valence-electron chi connectivity index (χ2n) is 7.74. The number of hydrogen-bond acceptors (Lipinski definition) is 5. The zero-order valence-electron chi connectivity index (χ0n) is 18.3. The van der Waals surface area contributed by atoms with Crippen LogP contribution in [-0.2, 0) is 6.42 Å². The van der Waals surface area contributed by atoms with Gasteiger partial charge in [0.15, 0.2) is 5.96 Å². The fourth-order valence-corrected chi connectivity index (χ4v) is 4.52. The van der Waals surface area contributed by atoms with Crippen molar-refractivity contribution in [1.29, 1.82) is 0 Å². The Balaban J connectivity index is 1.27. The number of thioether (sulfide) groups is 1. The van der Waals surface area contributed by atoms with E-state index in [-0.39, 0.29) is 0 Å². The molecule has 1 aliphatic rings. The molecule has 1 aromatic carbocycles. The third kappa shape index (κ3) is 7.05. The van der Waals surface area contributed by atoms with Crippen molar-refractivity contribution in [3.8, 4) is 0 Å². The minimum absolute atomic E-state index is 0.409. The molecule has 0 saturated carbocycles. The van der Waals surface area contributed by atoms with Gasteiger partial charge in [-0.1, -0.05) is 24.3 Å². The van der Waals surface area contributed by atoms with E-state index in [1.165, 1.54) is 4.90 Å². The number of rotatable bonds is 9. The van der Waals surface area contributed by atoms with E-state index in [0.717, 1.165) is 62.2 Å². The number of guanidine groups is 1. The zero-order chi connectivity index (χ0) is 21.8. The largest absolute Gasteiger partial charge is 0.469 e. The lowest BCUT2D eigenvalue weighted by Gasteiger charge is -2.33. The van der Waals surface area contributed by atoms with E-state index >= 15 is 0 Å². The summed E-state index contributed by atoms with van der Waals surface area (Å²) in [5.74, 6) is 3.91. The molecule has 1 fully saturated rings. The molecule has 32 heavy (non-hydrogen) atoms. The van der Waals surface area contributed by atoms with Crippen LogP contribution in [0, 0.1) is 0 Å². The van der Waals surface area contributed by atoms with Crippen LogP contribution in [0.15, 0.2) is 87.4 Å². The molecule has 0 spiro atoms. The number of hydrogen-bond donors (Lipinski definition) is 2. The Morgan fingerprint density at radius 2 is 1.91 bits per heavy atom. The summed E-state index contributed by atoms with van der Waals surface area (Å²) < 4.78 is 5.44. The number of aliphatic imine (C=N–C) groups is 1. The molecule has 2 N–H and O–H groups in total. The molecule has 0 bridgehead atoms. The van der Waals surface area contributed by atoms with E-state index in [9.17, 15) is 0 Å². The number of nitrogens with one attached hydrogen (secondary N) is 2. The second-order valence-corrected chi connectivity index (χ2v) is 8.91. The maximum Gasteiger partial charge on any atom is 0.191 e. The van der Waals surface area contributed by atoms with Crippen LogP contribution in [0.3, 0.4) is 0 Å². The van der Waals surface area contributed by atoms with Gasteiger partial charge in [-0.15, -0.1) is 11.8 Å². The van der Waals surface area contributed by atoms with Crippen molar-refractivity contribution in [1.82, 2.24) is 15.6 Å². The first-order valence-electron chi connectivity index (χ1n) is 11.3. The maximum absolute atomic E-state index is 5.44. The van der Waals surface area contributed by atoms with Crippen molar-refractivity contribution in [2.45, 2.75) is 30.2 Å². The van der Waals surface area contributed by atoms with Gasteiger partial charge in [-0.3, -0.25) is 4.99 Å². The first-order valence-corrected chi connectivity index (χ1v) is 12.3. The summed E-state index contributed by atoms with van der Waals surface area (Å²) in [6, 6.07) is 20.9. The molecule has 0 unspecified atom stereocenters. The number of piperidine rings is 1. The predicted molar refractivity (Wildman–Crippen MR) is 132 cm³/mol. The number of furan rings is 1. The first kappa shape index (κ1) is 22.3.